The Hall–Kier alpha value is -1.52. The second-order valence-corrected chi connectivity index (χ2v) is 7.06. The minimum Gasteiger partial charge on any atom is -0.489 e. The zero-order valence-electron chi connectivity index (χ0n) is 14.1. The van der Waals surface area contributed by atoms with Crippen molar-refractivity contribution in [1.82, 2.24) is 0 Å². The first-order valence-corrected chi connectivity index (χ1v) is 9.83. The minimum atomic E-state index is 0.224. The van der Waals surface area contributed by atoms with Crippen LogP contribution in [0.25, 0.3) is 0 Å². The Bertz CT molecular complexity index is 687. The van der Waals surface area contributed by atoms with Crippen LogP contribution in [0.2, 0.25) is 5.02 Å². The molecule has 5 heteroatoms. The van der Waals surface area contributed by atoms with E-state index in [0.29, 0.717) is 5.02 Å². The molecule has 128 valence electrons. The fourth-order valence-electron chi connectivity index (χ4n) is 3.09. The van der Waals surface area contributed by atoms with Gasteiger partial charge in [0.1, 0.15) is 11.9 Å². The number of piperidine rings is 1. The van der Waals surface area contributed by atoms with Crippen molar-refractivity contribution in [3.8, 4) is 5.75 Å². The molecule has 0 unspecified atom stereocenters. The Kier molecular flexibility index (Phi) is 5.80. The van der Waals surface area contributed by atoms with Gasteiger partial charge in [0, 0.05) is 43.6 Å². The quantitative estimate of drug-likeness (QED) is 0.721. The predicted molar refractivity (Wildman–Crippen MR) is 106 cm³/mol. The van der Waals surface area contributed by atoms with Crippen molar-refractivity contribution < 1.29 is 4.74 Å². The maximum absolute atomic E-state index is 6.35. The van der Waals surface area contributed by atoms with Gasteiger partial charge in [0.2, 0.25) is 0 Å². The van der Waals surface area contributed by atoms with Crippen LogP contribution >= 0.6 is 23.5 Å². The number of ether oxygens (including phenoxy) is 1. The van der Waals surface area contributed by atoms with E-state index in [2.05, 4.69) is 40.8 Å². The highest BCUT2D eigenvalue weighted by Crippen LogP contribution is 2.31. The molecule has 0 bridgehead atoms. The molecule has 0 spiro atoms. The Morgan fingerprint density at radius 3 is 2.58 bits per heavy atom. The summed E-state index contributed by atoms with van der Waals surface area (Å²) >= 11 is 7.89. The van der Waals surface area contributed by atoms with Gasteiger partial charge in [-0.25, -0.2) is 0 Å². The Morgan fingerprint density at radius 1 is 1.17 bits per heavy atom. The van der Waals surface area contributed by atoms with Crippen LogP contribution in [0.15, 0.2) is 42.5 Å². The van der Waals surface area contributed by atoms with E-state index in [1.165, 1.54) is 11.3 Å². The summed E-state index contributed by atoms with van der Waals surface area (Å²) < 4.78 is 9.32. The second kappa shape index (κ2) is 8.04. The highest BCUT2D eigenvalue weighted by atomic mass is 35.5. The first-order chi connectivity index (χ1) is 11.7. The molecule has 24 heavy (non-hydrogen) atoms. The number of halogens is 1. The van der Waals surface area contributed by atoms with Crippen molar-refractivity contribution in [3.63, 3.8) is 0 Å². The first kappa shape index (κ1) is 17.3. The maximum Gasteiger partial charge on any atom is 0.138 e. The van der Waals surface area contributed by atoms with Gasteiger partial charge in [-0.1, -0.05) is 41.7 Å². The number of benzene rings is 2. The number of hydrogen-bond acceptors (Lipinski definition) is 4. The smallest absolute Gasteiger partial charge is 0.138 e. The Balaban J connectivity index is 1.59. The summed E-state index contributed by atoms with van der Waals surface area (Å²) in [5.74, 6) is 0.776. The second-order valence-electron chi connectivity index (χ2n) is 6.04. The molecule has 0 amide bonds. The van der Waals surface area contributed by atoms with Crippen LogP contribution in [-0.2, 0) is 0 Å². The van der Waals surface area contributed by atoms with Crippen LogP contribution in [0, 0.1) is 6.92 Å². The summed E-state index contributed by atoms with van der Waals surface area (Å²) in [7, 11) is 0. The number of hydrogen-bond donors (Lipinski definition) is 1. The number of aryl methyl sites for hydroxylation is 1. The molecule has 1 aliphatic rings. The molecule has 0 aromatic heterocycles. The lowest BCUT2D eigenvalue weighted by Gasteiger charge is -2.34. The van der Waals surface area contributed by atoms with Gasteiger partial charge >= 0.3 is 0 Å². The molecular formula is C19H23ClN2OS. The SMILES string of the molecule is CSNc1ccc(OC2CCN(c3ccccc3C)CC2)c(Cl)c1. The lowest BCUT2D eigenvalue weighted by atomic mass is 10.1. The Morgan fingerprint density at radius 2 is 1.92 bits per heavy atom. The lowest BCUT2D eigenvalue weighted by Crippen LogP contribution is -2.38. The van der Waals surface area contributed by atoms with Crippen LogP contribution in [0.3, 0.4) is 0 Å². The topological polar surface area (TPSA) is 24.5 Å². The molecule has 0 aliphatic carbocycles. The van der Waals surface area contributed by atoms with Crippen molar-refractivity contribution in [2.45, 2.75) is 25.9 Å². The number of nitrogens with zero attached hydrogens (tertiary/aromatic N) is 1. The van der Waals surface area contributed by atoms with Crippen molar-refractivity contribution in [2.75, 3.05) is 29.0 Å². The zero-order chi connectivity index (χ0) is 16.9. The van der Waals surface area contributed by atoms with E-state index in [-0.39, 0.29) is 6.10 Å². The van der Waals surface area contributed by atoms with Crippen LogP contribution in [0.1, 0.15) is 18.4 Å². The molecule has 1 aliphatic heterocycles. The molecule has 1 N–H and O–H groups in total. The van der Waals surface area contributed by atoms with Gasteiger partial charge in [-0.05, 0) is 36.8 Å². The average molecular weight is 363 g/mol. The van der Waals surface area contributed by atoms with E-state index in [9.17, 15) is 0 Å². The van der Waals surface area contributed by atoms with E-state index < -0.39 is 0 Å². The average Bonchev–Trinajstić information content (AvgIpc) is 2.59. The predicted octanol–water partition coefficient (Wildman–Crippen LogP) is 5.39. The number of para-hydroxylation sites is 1. The van der Waals surface area contributed by atoms with Gasteiger partial charge in [-0.2, -0.15) is 0 Å². The standard InChI is InChI=1S/C19H23ClN2OS/c1-14-5-3-4-6-18(14)22-11-9-16(10-12-22)23-19-8-7-15(21-24-2)13-17(19)20/h3-8,13,16,21H,9-12H2,1-2H3. The van der Waals surface area contributed by atoms with Gasteiger partial charge in [0.25, 0.3) is 0 Å². The number of anilines is 2. The summed E-state index contributed by atoms with van der Waals surface area (Å²) in [6, 6.07) is 14.4. The molecule has 1 saturated heterocycles. The van der Waals surface area contributed by atoms with Gasteiger partial charge in [-0.3, -0.25) is 0 Å². The summed E-state index contributed by atoms with van der Waals surface area (Å²) in [4.78, 5) is 2.45. The molecule has 0 atom stereocenters. The molecule has 3 rings (SSSR count). The van der Waals surface area contributed by atoms with Crippen molar-refractivity contribution in [3.05, 3.63) is 53.1 Å². The van der Waals surface area contributed by atoms with E-state index in [4.69, 9.17) is 16.3 Å². The molecule has 1 fully saturated rings. The normalized spacial score (nSPS) is 15.4. The van der Waals surface area contributed by atoms with Crippen LogP contribution in [0.4, 0.5) is 11.4 Å². The van der Waals surface area contributed by atoms with Crippen LogP contribution < -0.4 is 14.4 Å². The van der Waals surface area contributed by atoms with Crippen LogP contribution in [-0.4, -0.2) is 25.4 Å². The van der Waals surface area contributed by atoms with Crippen molar-refractivity contribution >= 4 is 34.9 Å². The minimum absolute atomic E-state index is 0.224. The highest BCUT2D eigenvalue weighted by molar-refractivity contribution is 7.99. The largest absolute Gasteiger partial charge is 0.489 e. The molecule has 2 aromatic rings. The molecule has 1 heterocycles. The van der Waals surface area contributed by atoms with E-state index in [1.807, 2.05) is 24.5 Å². The number of rotatable bonds is 5. The monoisotopic (exact) mass is 362 g/mol. The van der Waals surface area contributed by atoms with E-state index in [1.54, 1.807) is 11.9 Å². The lowest BCUT2D eigenvalue weighted by molar-refractivity contribution is 0.171. The fraction of sp³-hybridized carbons (Fsp3) is 0.368. The third-order valence-corrected chi connectivity index (χ3v) is 5.08. The van der Waals surface area contributed by atoms with Gasteiger partial charge in [0.05, 0.1) is 5.02 Å². The van der Waals surface area contributed by atoms with E-state index in [0.717, 1.165) is 37.4 Å². The molecule has 2 aromatic carbocycles. The van der Waals surface area contributed by atoms with Gasteiger partial charge < -0.3 is 14.4 Å². The number of nitrogens with one attached hydrogen (secondary N) is 1. The van der Waals surface area contributed by atoms with Gasteiger partial charge in [-0.15, -0.1) is 0 Å². The molecular weight excluding hydrogens is 340 g/mol. The fourth-order valence-corrected chi connectivity index (χ4v) is 3.68. The van der Waals surface area contributed by atoms with Crippen molar-refractivity contribution in [2.24, 2.45) is 0 Å². The van der Waals surface area contributed by atoms with Crippen LogP contribution in [0.5, 0.6) is 5.75 Å². The summed E-state index contributed by atoms with van der Waals surface area (Å²) in [6.45, 7) is 4.19. The van der Waals surface area contributed by atoms with E-state index >= 15 is 0 Å². The van der Waals surface area contributed by atoms with Crippen molar-refractivity contribution in [1.29, 1.82) is 0 Å². The summed E-state index contributed by atoms with van der Waals surface area (Å²) in [6.07, 6.45) is 4.23. The third-order valence-electron chi connectivity index (χ3n) is 4.34. The molecule has 0 saturated carbocycles. The highest BCUT2D eigenvalue weighted by Gasteiger charge is 2.22. The Labute approximate surface area is 153 Å². The third kappa shape index (κ3) is 4.11. The van der Waals surface area contributed by atoms with Gasteiger partial charge in [0.15, 0.2) is 0 Å². The molecule has 3 nitrogen and oxygen atoms in total. The first-order valence-electron chi connectivity index (χ1n) is 8.23. The summed E-state index contributed by atoms with van der Waals surface area (Å²) in [5.41, 5.74) is 3.66. The summed E-state index contributed by atoms with van der Waals surface area (Å²) in [5, 5.41) is 0.662. The maximum atomic E-state index is 6.35. The zero-order valence-corrected chi connectivity index (χ0v) is 15.7. The molecule has 0 radical (unpaired) electrons.